The first-order valence-electron chi connectivity index (χ1n) is 5.81. The Morgan fingerprint density at radius 2 is 2.07 bits per heavy atom. The molecule has 2 atom stereocenters. The molecule has 0 aromatic rings. The van der Waals surface area contributed by atoms with Gasteiger partial charge in [-0.2, -0.15) is 0 Å². The molecule has 0 amide bonds. The maximum atomic E-state index is 5.77. The Balaban J connectivity index is 2.29. The number of nitrogens with one attached hydrogen (secondary N) is 1. The Morgan fingerprint density at radius 3 is 2.71 bits per heavy atom. The molecule has 2 nitrogen and oxygen atoms in total. The van der Waals surface area contributed by atoms with Crippen LogP contribution in [0.25, 0.3) is 0 Å². The van der Waals surface area contributed by atoms with Gasteiger partial charge in [-0.3, -0.25) is 0 Å². The zero-order valence-corrected chi connectivity index (χ0v) is 9.55. The van der Waals surface area contributed by atoms with E-state index in [1.54, 1.807) is 0 Å². The van der Waals surface area contributed by atoms with Crippen LogP contribution >= 0.6 is 0 Å². The quantitative estimate of drug-likeness (QED) is 0.675. The molecule has 2 unspecified atom stereocenters. The molecule has 1 aliphatic carbocycles. The fourth-order valence-electron chi connectivity index (χ4n) is 2.17. The molecule has 1 rings (SSSR count). The highest BCUT2D eigenvalue weighted by Crippen LogP contribution is 2.23. The van der Waals surface area contributed by atoms with Crippen LogP contribution in [0.1, 0.15) is 39.5 Å². The summed E-state index contributed by atoms with van der Waals surface area (Å²) in [6, 6.07) is 0.657. The molecule has 0 heterocycles. The highest BCUT2D eigenvalue weighted by molar-refractivity contribution is 4.95. The summed E-state index contributed by atoms with van der Waals surface area (Å²) in [5, 5.41) is 3.60. The molecule has 0 radical (unpaired) electrons. The summed E-state index contributed by atoms with van der Waals surface area (Å²) in [6.07, 6.45) is 7.59. The summed E-state index contributed by atoms with van der Waals surface area (Å²) in [5.74, 6) is 0.703. The lowest BCUT2D eigenvalue weighted by Gasteiger charge is -2.31. The summed E-state index contributed by atoms with van der Waals surface area (Å²) >= 11 is 0. The minimum absolute atomic E-state index is 0.657. The van der Waals surface area contributed by atoms with Crippen molar-refractivity contribution in [1.82, 2.24) is 5.32 Å². The molecule has 0 spiro atoms. The largest absolute Gasteiger partial charge is 0.330 e. The second-order valence-corrected chi connectivity index (χ2v) is 4.58. The highest BCUT2D eigenvalue weighted by Gasteiger charge is 2.22. The number of hydrogen-bond acceptors (Lipinski definition) is 2. The average molecular weight is 196 g/mol. The van der Waals surface area contributed by atoms with E-state index in [0.29, 0.717) is 12.0 Å². The van der Waals surface area contributed by atoms with E-state index in [1.165, 1.54) is 31.3 Å². The number of nitrogens with two attached hydrogens (primary N) is 1. The summed E-state index contributed by atoms with van der Waals surface area (Å²) in [5.41, 5.74) is 7.16. The molecule has 1 saturated carbocycles. The molecular formula is C12H24N2. The lowest BCUT2D eigenvalue weighted by molar-refractivity contribution is 0.275. The van der Waals surface area contributed by atoms with Crippen molar-refractivity contribution in [3.05, 3.63) is 11.6 Å². The Labute approximate surface area is 87.9 Å². The third kappa shape index (κ3) is 3.81. The van der Waals surface area contributed by atoms with Crippen LogP contribution < -0.4 is 11.1 Å². The lowest BCUT2D eigenvalue weighted by atomic mass is 9.84. The van der Waals surface area contributed by atoms with Gasteiger partial charge in [0.15, 0.2) is 0 Å². The van der Waals surface area contributed by atoms with Crippen molar-refractivity contribution in [2.45, 2.75) is 45.6 Å². The van der Waals surface area contributed by atoms with Crippen molar-refractivity contribution >= 4 is 0 Å². The fourth-order valence-corrected chi connectivity index (χ4v) is 2.17. The van der Waals surface area contributed by atoms with E-state index < -0.39 is 0 Å². The van der Waals surface area contributed by atoms with Crippen LogP contribution in [0.5, 0.6) is 0 Å². The molecule has 0 aromatic carbocycles. The molecule has 14 heavy (non-hydrogen) atoms. The maximum Gasteiger partial charge on any atom is 0.0140 e. The van der Waals surface area contributed by atoms with Gasteiger partial charge in [0.25, 0.3) is 0 Å². The lowest BCUT2D eigenvalue weighted by Crippen LogP contribution is -2.41. The van der Waals surface area contributed by atoms with Gasteiger partial charge in [-0.15, -0.1) is 0 Å². The van der Waals surface area contributed by atoms with Gasteiger partial charge in [-0.05, 0) is 39.2 Å². The zero-order valence-electron chi connectivity index (χ0n) is 9.55. The second-order valence-electron chi connectivity index (χ2n) is 4.58. The first-order valence-corrected chi connectivity index (χ1v) is 5.81. The average Bonchev–Trinajstić information content (AvgIpc) is 2.18. The Morgan fingerprint density at radius 1 is 1.36 bits per heavy atom. The highest BCUT2D eigenvalue weighted by atomic mass is 14.9. The first kappa shape index (κ1) is 11.7. The van der Waals surface area contributed by atoms with Gasteiger partial charge in [0.2, 0.25) is 0 Å². The zero-order chi connectivity index (χ0) is 10.4. The summed E-state index contributed by atoms with van der Waals surface area (Å²) < 4.78 is 0. The molecule has 3 N–H and O–H groups in total. The van der Waals surface area contributed by atoms with Gasteiger partial charge in [0, 0.05) is 12.6 Å². The third-order valence-electron chi connectivity index (χ3n) is 3.10. The predicted molar refractivity (Wildman–Crippen MR) is 62.2 cm³/mol. The van der Waals surface area contributed by atoms with Crippen molar-refractivity contribution in [2.75, 3.05) is 13.1 Å². The second kappa shape index (κ2) is 6.20. The Bertz CT molecular complexity index is 183. The fraction of sp³-hybridized carbons (Fsp3) is 0.833. The van der Waals surface area contributed by atoms with Gasteiger partial charge in [-0.1, -0.05) is 24.5 Å². The Hall–Kier alpha value is -0.340. The molecule has 0 bridgehead atoms. The summed E-state index contributed by atoms with van der Waals surface area (Å²) in [4.78, 5) is 0. The standard InChI is InChI=1S/C12H24N2/c1-10(2)7-8-14-12-6-4-3-5-11(12)9-13/h7,11-12,14H,3-6,8-9,13H2,1-2H3. The van der Waals surface area contributed by atoms with E-state index in [2.05, 4.69) is 25.2 Å². The van der Waals surface area contributed by atoms with Gasteiger partial charge < -0.3 is 11.1 Å². The van der Waals surface area contributed by atoms with E-state index in [-0.39, 0.29) is 0 Å². The van der Waals surface area contributed by atoms with Crippen LogP contribution in [-0.2, 0) is 0 Å². The van der Waals surface area contributed by atoms with Crippen LogP contribution in [0, 0.1) is 5.92 Å². The van der Waals surface area contributed by atoms with Crippen LogP contribution in [0.3, 0.4) is 0 Å². The minimum atomic E-state index is 0.657. The van der Waals surface area contributed by atoms with Gasteiger partial charge in [0.05, 0.1) is 0 Å². The van der Waals surface area contributed by atoms with E-state index in [1.807, 2.05) is 0 Å². The number of hydrogen-bond donors (Lipinski definition) is 2. The first-order chi connectivity index (χ1) is 6.74. The van der Waals surface area contributed by atoms with E-state index >= 15 is 0 Å². The van der Waals surface area contributed by atoms with Gasteiger partial charge >= 0.3 is 0 Å². The molecule has 1 fully saturated rings. The van der Waals surface area contributed by atoms with E-state index in [4.69, 9.17) is 5.73 Å². The van der Waals surface area contributed by atoms with Crippen molar-refractivity contribution < 1.29 is 0 Å². The SMILES string of the molecule is CC(C)=CCNC1CCCCC1CN. The topological polar surface area (TPSA) is 38.0 Å². The van der Waals surface area contributed by atoms with E-state index in [9.17, 15) is 0 Å². The number of rotatable bonds is 4. The Kier molecular flexibility index (Phi) is 5.20. The summed E-state index contributed by atoms with van der Waals surface area (Å²) in [7, 11) is 0. The maximum absolute atomic E-state index is 5.77. The monoisotopic (exact) mass is 196 g/mol. The van der Waals surface area contributed by atoms with Crippen LogP contribution in [-0.4, -0.2) is 19.1 Å². The van der Waals surface area contributed by atoms with Gasteiger partial charge in [-0.25, -0.2) is 0 Å². The third-order valence-corrected chi connectivity index (χ3v) is 3.10. The van der Waals surface area contributed by atoms with Gasteiger partial charge in [0.1, 0.15) is 0 Å². The molecular weight excluding hydrogens is 172 g/mol. The molecule has 0 aliphatic heterocycles. The van der Waals surface area contributed by atoms with Crippen LogP contribution in [0.15, 0.2) is 11.6 Å². The molecule has 82 valence electrons. The normalized spacial score (nSPS) is 27.4. The van der Waals surface area contributed by atoms with Crippen LogP contribution in [0.2, 0.25) is 0 Å². The van der Waals surface area contributed by atoms with E-state index in [0.717, 1.165) is 13.1 Å². The minimum Gasteiger partial charge on any atom is -0.330 e. The van der Waals surface area contributed by atoms with Crippen molar-refractivity contribution in [3.63, 3.8) is 0 Å². The van der Waals surface area contributed by atoms with Crippen molar-refractivity contribution in [2.24, 2.45) is 11.7 Å². The smallest absolute Gasteiger partial charge is 0.0140 e. The van der Waals surface area contributed by atoms with Crippen LogP contribution in [0.4, 0.5) is 0 Å². The molecule has 0 aromatic heterocycles. The van der Waals surface area contributed by atoms with Crippen molar-refractivity contribution in [3.8, 4) is 0 Å². The number of allylic oxidation sites excluding steroid dienone is 1. The molecule has 1 aliphatic rings. The predicted octanol–water partition coefficient (Wildman–Crippen LogP) is 2.06. The summed E-state index contributed by atoms with van der Waals surface area (Å²) in [6.45, 7) is 6.13. The molecule has 0 saturated heterocycles. The molecule has 2 heteroatoms. The van der Waals surface area contributed by atoms with Crippen molar-refractivity contribution in [1.29, 1.82) is 0 Å².